The van der Waals surface area contributed by atoms with Gasteiger partial charge in [0, 0.05) is 0 Å². The van der Waals surface area contributed by atoms with Crippen molar-refractivity contribution in [3.8, 4) is 0 Å². The highest BCUT2D eigenvalue weighted by Crippen LogP contribution is 2.22. The second kappa shape index (κ2) is 5.98. The molecule has 0 spiro atoms. The molecule has 1 aromatic rings. The highest BCUT2D eigenvalue weighted by Gasteiger charge is 2.32. The van der Waals surface area contributed by atoms with Crippen molar-refractivity contribution in [2.45, 2.75) is 31.5 Å². The van der Waals surface area contributed by atoms with Crippen molar-refractivity contribution in [1.82, 2.24) is 5.32 Å². The van der Waals surface area contributed by atoms with Gasteiger partial charge in [0.05, 0.1) is 12.0 Å². The number of nitrogens with one attached hydrogen (secondary N) is 1. The summed E-state index contributed by atoms with van der Waals surface area (Å²) >= 11 is 0. The van der Waals surface area contributed by atoms with E-state index in [9.17, 15) is 9.90 Å². The minimum absolute atomic E-state index is 0.0848. The molecule has 2 rings (SSSR count). The fourth-order valence-corrected chi connectivity index (χ4v) is 2.13. The van der Waals surface area contributed by atoms with Gasteiger partial charge in [-0.05, 0) is 31.5 Å². The Morgan fingerprint density at radius 1 is 1.28 bits per heavy atom. The first-order valence-corrected chi connectivity index (χ1v) is 6.31. The zero-order valence-electron chi connectivity index (χ0n) is 10.4. The van der Waals surface area contributed by atoms with Crippen LogP contribution in [0.1, 0.15) is 24.8 Å². The summed E-state index contributed by atoms with van der Waals surface area (Å²) in [5.41, 5.74) is 0.0714. The van der Waals surface area contributed by atoms with Crippen LogP contribution in [0.5, 0.6) is 0 Å². The minimum atomic E-state index is -0.890. The van der Waals surface area contributed by atoms with E-state index in [1.807, 2.05) is 30.3 Å². The van der Waals surface area contributed by atoms with E-state index in [1.165, 1.54) is 0 Å². The molecular weight excluding hydrogens is 230 g/mol. The normalized spacial score (nSPS) is 18.3. The number of rotatable bonds is 4. The maximum absolute atomic E-state index is 11.7. The quantitative estimate of drug-likeness (QED) is 0.788. The van der Waals surface area contributed by atoms with E-state index < -0.39 is 5.60 Å². The lowest BCUT2D eigenvalue weighted by Crippen LogP contribution is -2.43. The topological polar surface area (TPSA) is 58.6 Å². The second-order valence-corrected chi connectivity index (χ2v) is 4.80. The van der Waals surface area contributed by atoms with Crippen LogP contribution in [0.3, 0.4) is 0 Å². The van der Waals surface area contributed by atoms with E-state index in [4.69, 9.17) is 4.74 Å². The van der Waals surface area contributed by atoms with Crippen LogP contribution in [0.4, 0.5) is 0 Å². The number of hydrogen-bond donors (Lipinski definition) is 2. The SMILES string of the molecule is O=C(CC1(O)CCNCC1)OCc1ccccc1. The van der Waals surface area contributed by atoms with E-state index in [0.29, 0.717) is 12.8 Å². The van der Waals surface area contributed by atoms with E-state index in [2.05, 4.69) is 5.32 Å². The molecule has 0 unspecified atom stereocenters. The average molecular weight is 249 g/mol. The highest BCUT2D eigenvalue weighted by atomic mass is 16.5. The smallest absolute Gasteiger partial charge is 0.309 e. The van der Waals surface area contributed by atoms with Crippen molar-refractivity contribution in [2.75, 3.05) is 13.1 Å². The summed E-state index contributed by atoms with van der Waals surface area (Å²) < 4.78 is 5.18. The molecule has 18 heavy (non-hydrogen) atoms. The molecule has 4 nitrogen and oxygen atoms in total. The summed E-state index contributed by atoms with van der Waals surface area (Å²) in [5, 5.41) is 13.4. The average Bonchev–Trinajstić information content (AvgIpc) is 2.38. The van der Waals surface area contributed by atoms with Crippen molar-refractivity contribution in [3.05, 3.63) is 35.9 Å². The lowest BCUT2D eigenvalue weighted by Gasteiger charge is -2.31. The number of carbonyl (C=O) groups is 1. The maximum atomic E-state index is 11.7. The Bertz CT molecular complexity index is 385. The van der Waals surface area contributed by atoms with Gasteiger partial charge in [0.25, 0.3) is 0 Å². The van der Waals surface area contributed by atoms with E-state index >= 15 is 0 Å². The molecule has 0 saturated carbocycles. The number of ether oxygens (including phenoxy) is 1. The molecule has 1 heterocycles. The Kier molecular flexibility index (Phi) is 4.33. The van der Waals surface area contributed by atoms with Crippen LogP contribution in [-0.2, 0) is 16.1 Å². The Balaban J connectivity index is 1.78. The summed E-state index contributed by atoms with van der Waals surface area (Å²) in [4.78, 5) is 11.7. The fraction of sp³-hybridized carbons (Fsp3) is 0.500. The predicted octanol–water partition coefficient (Wildman–Crippen LogP) is 1.23. The Labute approximate surface area is 107 Å². The van der Waals surface area contributed by atoms with Gasteiger partial charge < -0.3 is 15.2 Å². The van der Waals surface area contributed by atoms with Gasteiger partial charge in [0.1, 0.15) is 6.61 Å². The molecule has 0 radical (unpaired) electrons. The summed E-state index contributed by atoms with van der Waals surface area (Å²) in [6, 6.07) is 9.55. The number of carbonyl (C=O) groups excluding carboxylic acids is 1. The van der Waals surface area contributed by atoms with Gasteiger partial charge in [0.15, 0.2) is 0 Å². The molecule has 4 heteroatoms. The third kappa shape index (κ3) is 3.82. The molecule has 1 aliphatic heterocycles. The van der Waals surface area contributed by atoms with Crippen LogP contribution in [0.25, 0.3) is 0 Å². The minimum Gasteiger partial charge on any atom is -0.461 e. The number of piperidine rings is 1. The summed E-state index contributed by atoms with van der Waals surface area (Å²) in [6.07, 6.45) is 1.29. The fourth-order valence-electron chi connectivity index (χ4n) is 2.13. The van der Waals surface area contributed by atoms with Crippen LogP contribution in [0.15, 0.2) is 30.3 Å². The third-order valence-corrected chi connectivity index (χ3v) is 3.25. The lowest BCUT2D eigenvalue weighted by molar-refractivity contribution is -0.151. The standard InChI is InChI=1S/C14H19NO3/c16-13(10-14(17)6-8-15-9-7-14)18-11-12-4-2-1-3-5-12/h1-5,15,17H,6-11H2. The number of hydrogen-bond acceptors (Lipinski definition) is 4. The van der Waals surface area contributed by atoms with Crippen LogP contribution in [0, 0.1) is 0 Å². The largest absolute Gasteiger partial charge is 0.461 e. The van der Waals surface area contributed by atoms with Crippen molar-refractivity contribution >= 4 is 5.97 Å². The molecule has 1 aliphatic rings. The first-order chi connectivity index (χ1) is 8.68. The van der Waals surface area contributed by atoms with Gasteiger partial charge in [-0.1, -0.05) is 30.3 Å². The molecule has 1 fully saturated rings. The van der Waals surface area contributed by atoms with Crippen LogP contribution >= 0.6 is 0 Å². The molecule has 0 aromatic heterocycles. The van der Waals surface area contributed by atoms with Gasteiger partial charge in [-0.3, -0.25) is 4.79 Å². The van der Waals surface area contributed by atoms with Crippen LogP contribution in [0.2, 0.25) is 0 Å². The van der Waals surface area contributed by atoms with Gasteiger partial charge in [-0.15, -0.1) is 0 Å². The number of aliphatic hydroxyl groups is 1. The molecular formula is C14H19NO3. The zero-order valence-corrected chi connectivity index (χ0v) is 10.4. The first-order valence-electron chi connectivity index (χ1n) is 6.31. The predicted molar refractivity (Wildman–Crippen MR) is 67.9 cm³/mol. The molecule has 1 aromatic carbocycles. The third-order valence-electron chi connectivity index (χ3n) is 3.25. The summed E-state index contributed by atoms with van der Waals surface area (Å²) in [5.74, 6) is -0.330. The summed E-state index contributed by atoms with van der Waals surface area (Å²) in [6.45, 7) is 1.78. The lowest BCUT2D eigenvalue weighted by atomic mass is 9.89. The van der Waals surface area contributed by atoms with Gasteiger partial charge in [-0.25, -0.2) is 0 Å². The highest BCUT2D eigenvalue weighted by molar-refractivity contribution is 5.70. The maximum Gasteiger partial charge on any atom is 0.309 e. The molecule has 0 atom stereocenters. The van der Waals surface area contributed by atoms with Gasteiger partial charge in [0.2, 0.25) is 0 Å². The van der Waals surface area contributed by atoms with Gasteiger partial charge >= 0.3 is 5.97 Å². The second-order valence-electron chi connectivity index (χ2n) is 4.80. The molecule has 2 N–H and O–H groups in total. The van der Waals surface area contributed by atoms with Crippen molar-refractivity contribution in [1.29, 1.82) is 0 Å². The Hall–Kier alpha value is -1.39. The number of esters is 1. The first kappa shape index (κ1) is 13.1. The van der Waals surface area contributed by atoms with Gasteiger partial charge in [-0.2, -0.15) is 0 Å². The summed E-state index contributed by atoms with van der Waals surface area (Å²) in [7, 11) is 0. The van der Waals surface area contributed by atoms with Crippen molar-refractivity contribution in [3.63, 3.8) is 0 Å². The van der Waals surface area contributed by atoms with E-state index in [1.54, 1.807) is 0 Å². The Morgan fingerprint density at radius 3 is 2.61 bits per heavy atom. The molecule has 0 aliphatic carbocycles. The Morgan fingerprint density at radius 2 is 1.94 bits per heavy atom. The molecule has 1 saturated heterocycles. The van der Waals surface area contributed by atoms with E-state index in [-0.39, 0.29) is 19.0 Å². The number of benzene rings is 1. The van der Waals surface area contributed by atoms with Crippen LogP contribution < -0.4 is 5.32 Å². The zero-order chi connectivity index (χ0) is 12.8. The molecule has 0 amide bonds. The van der Waals surface area contributed by atoms with Crippen molar-refractivity contribution in [2.24, 2.45) is 0 Å². The monoisotopic (exact) mass is 249 g/mol. The molecule has 0 bridgehead atoms. The molecule has 98 valence electrons. The van der Waals surface area contributed by atoms with E-state index in [0.717, 1.165) is 18.7 Å². The van der Waals surface area contributed by atoms with Crippen molar-refractivity contribution < 1.29 is 14.6 Å². The van der Waals surface area contributed by atoms with Crippen LogP contribution in [-0.4, -0.2) is 29.8 Å².